The summed E-state index contributed by atoms with van der Waals surface area (Å²) in [7, 11) is -2.71. The Morgan fingerprint density at radius 1 is 0.985 bits per heavy atom. The highest BCUT2D eigenvalue weighted by molar-refractivity contribution is 7.92. The number of fused-ring (bicyclic) bond motifs is 1. The molecule has 4 heterocycles. The van der Waals surface area contributed by atoms with Gasteiger partial charge in [-0.3, -0.25) is 24.7 Å². The minimum Gasteiger partial charge on any atom is -0.455 e. The number of aromatic amines is 1. The zero-order valence-corrected chi connectivity index (χ0v) is 39.3. The van der Waals surface area contributed by atoms with Gasteiger partial charge in [-0.2, -0.15) is 0 Å². The van der Waals surface area contributed by atoms with Gasteiger partial charge in [0.05, 0.1) is 41.4 Å². The number of halogens is 1. The van der Waals surface area contributed by atoms with Crippen LogP contribution in [-0.2, 0) is 19.3 Å². The first-order chi connectivity index (χ1) is 31.7. The van der Waals surface area contributed by atoms with Gasteiger partial charge in [-0.05, 0) is 90.8 Å². The standard InChI is InChI=1S/C49H58ClN7O8S/c1-49(2)15-12-36(43(29-49)34-4-6-37(50)7-5-34)31-55-18-20-56(21-19-55)39-8-10-42(47(27-39)65-40-26-35-13-16-51-48(35)52-30-40)46(58)33-66(61,62)41-9-11-44(45(28-41)57(59)60)53-38-14-17-54(32-38)22-23-64-25-24-63-3/h4-11,13,16,26-28,30,38,53H,12,14-15,17-25,29,31-33H2,1-3H3,(H,51,52)/t38-/m1/s1. The summed E-state index contributed by atoms with van der Waals surface area (Å²) in [5, 5.41) is 17.1. The average molecular weight is 941 g/mol. The van der Waals surface area contributed by atoms with Crippen LogP contribution in [0.2, 0.25) is 5.02 Å². The van der Waals surface area contributed by atoms with Gasteiger partial charge in [0.1, 0.15) is 28.6 Å². The van der Waals surface area contributed by atoms with Crippen molar-refractivity contribution in [1.82, 2.24) is 19.8 Å². The van der Waals surface area contributed by atoms with Crippen LogP contribution in [0.1, 0.15) is 55.5 Å². The fourth-order valence-electron chi connectivity index (χ4n) is 9.15. The molecule has 3 aliphatic rings. The number of carbonyl (C=O) groups is 1. The number of ketones is 1. The number of nitrogens with one attached hydrogen (secondary N) is 2. The molecule has 0 bridgehead atoms. The van der Waals surface area contributed by atoms with E-state index in [4.69, 9.17) is 25.8 Å². The van der Waals surface area contributed by atoms with Crippen LogP contribution in [0.5, 0.6) is 11.5 Å². The Balaban J connectivity index is 0.970. The summed E-state index contributed by atoms with van der Waals surface area (Å²) < 4.78 is 44.8. The molecule has 1 atom stereocenters. The highest BCUT2D eigenvalue weighted by atomic mass is 35.5. The third kappa shape index (κ3) is 11.6. The van der Waals surface area contributed by atoms with Crippen LogP contribution in [0, 0.1) is 15.5 Å². The minimum absolute atomic E-state index is 0.0692. The number of nitro benzene ring substituents is 1. The first kappa shape index (κ1) is 47.1. The Morgan fingerprint density at radius 3 is 2.56 bits per heavy atom. The Bertz CT molecular complexity index is 2680. The predicted molar refractivity (Wildman–Crippen MR) is 258 cm³/mol. The third-order valence-corrected chi connectivity index (χ3v) is 14.7. The van der Waals surface area contributed by atoms with Crippen LogP contribution in [0.3, 0.4) is 0 Å². The van der Waals surface area contributed by atoms with E-state index in [2.05, 4.69) is 56.0 Å². The van der Waals surface area contributed by atoms with Crippen LogP contribution >= 0.6 is 11.6 Å². The third-order valence-electron chi connectivity index (χ3n) is 12.9. The maximum absolute atomic E-state index is 14.1. The fourth-order valence-corrected chi connectivity index (χ4v) is 10.5. The first-order valence-corrected chi connectivity index (χ1v) is 24.6. The van der Waals surface area contributed by atoms with Gasteiger partial charge in [-0.1, -0.05) is 43.2 Å². The van der Waals surface area contributed by atoms with E-state index in [1.165, 1.54) is 28.8 Å². The number of allylic oxidation sites excluding steroid dienone is 1. The minimum atomic E-state index is -4.33. The van der Waals surface area contributed by atoms with E-state index in [0.717, 1.165) is 87.1 Å². The molecule has 3 aromatic carbocycles. The highest BCUT2D eigenvalue weighted by Gasteiger charge is 2.31. The molecule has 2 N–H and O–H groups in total. The number of sulfone groups is 1. The number of benzene rings is 3. The number of aromatic nitrogens is 2. The summed E-state index contributed by atoms with van der Waals surface area (Å²) in [6.07, 6.45) is 7.27. The number of Topliss-reactive ketones (excluding diaryl/α,β-unsaturated/α-hetero) is 1. The first-order valence-electron chi connectivity index (χ1n) is 22.5. The lowest BCUT2D eigenvalue weighted by Gasteiger charge is -2.39. The summed E-state index contributed by atoms with van der Waals surface area (Å²) in [6.45, 7) is 12.4. The molecular formula is C49H58ClN7O8S. The zero-order chi connectivity index (χ0) is 46.4. The number of piperazine rings is 1. The molecule has 2 aliphatic heterocycles. The van der Waals surface area contributed by atoms with Crippen molar-refractivity contribution in [2.24, 2.45) is 5.41 Å². The van der Waals surface area contributed by atoms with Crippen LogP contribution in [-0.4, -0.2) is 130 Å². The second kappa shape index (κ2) is 20.7. The number of H-pyrrole nitrogens is 1. The molecule has 8 rings (SSSR count). The molecule has 5 aromatic rings. The molecule has 2 saturated heterocycles. The van der Waals surface area contributed by atoms with Crippen molar-refractivity contribution in [2.45, 2.75) is 50.5 Å². The second-order valence-electron chi connectivity index (χ2n) is 18.2. The van der Waals surface area contributed by atoms with E-state index in [1.807, 2.05) is 24.3 Å². The van der Waals surface area contributed by atoms with E-state index >= 15 is 0 Å². The van der Waals surface area contributed by atoms with E-state index in [1.54, 1.807) is 37.7 Å². The van der Waals surface area contributed by atoms with Gasteiger partial charge in [0.25, 0.3) is 5.69 Å². The average Bonchev–Trinajstić information content (AvgIpc) is 3.96. The lowest BCUT2D eigenvalue weighted by Crippen LogP contribution is -2.47. The normalized spacial score (nSPS) is 18.2. The number of likely N-dealkylation sites (tertiary alicyclic amines) is 1. The van der Waals surface area contributed by atoms with Gasteiger partial charge in [0.2, 0.25) is 0 Å². The predicted octanol–water partition coefficient (Wildman–Crippen LogP) is 8.51. The fraction of sp³-hybridized carbons (Fsp3) is 0.429. The number of nitro groups is 1. The molecule has 17 heteroatoms. The van der Waals surface area contributed by atoms with Gasteiger partial charge in [0.15, 0.2) is 15.6 Å². The van der Waals surface area contributed by atoms with Crippen LogP contribution < -0.4 is 15.0 Å². The topological polar surface area (TPSA) is 172 Å². The lowest BCUT2D eigenvalue weighted by atomic mass is 9.72. The second-order valence-corrected chi connectivity index (χ2v) is 20.6. The molecule has 0 saturated carbocycles. The number of hydrogen-bond acceptors (Lipinski definition) is 13. The maximum Gasteiger partial charge on any atom is 0.293 e. The van der Waals surface area contributed by atoms with E-state index in [0.29, 0.717) is 44.3 Å². The molecule has 0 radical (unpaired) electrons. The number of pyridine rings is 1. The van der Waals surface area contributed by atoms with E-state index < -0.39 is 26.3 Å². The molecule has 0 amide bonds. The van der Waals surface area contributed by atoms with Crippen LogP contribution in [0.15, 0.2) is 95.7 Å². The summed E-state index contributed by atoms with van der Waals surface area (Å²) in [5.74, 6) is -1.07. The monoisotopic (exact) mass is 939 g/mol. The molecular weight excluding hydrogens is 882 g/mol. The molecule has 0 spiro atoms. The number of carbonyl (C=O) groups excluding carboxylic acids is 1. The van der Waals surface area contributed by atoms with Crippen molar-refractivity contribution in [1.29, 1.82) is 0 Å². The Morgan fingerprint density at radius 2 is 1.79 bits per heavy atom. The zero-order valence-electron chi connectivity index (χ0n) is 37.8. The van der Waals surface area contributed by atoms with E-state index in [-0.39, 0.29) is 39.0 Å². The molecule has 15 nitrogen and oxygen atoms in total. The van der Waals surface area contributed by atoms with Gasteiger partial charge in [-0.25, -0.2) is 13.4 Å². The molecule has 66 heavy (non-hydrogen) atoms. The largest absolute Gasteiger partial charge is 0.455 e. The number of rotatable bonds is 19. The van der Waals surface area contributed by atoms with Crippen molar-refractivity contribution in [3.05, 3.63) is 117 Å². The smallest absolute Gasteiger partial charge is 0.293 e. The Kier molecular flexibility index (Phi) is 14.8. The van der Waals surface area contributed by atoms with Crippen molar-refractivity contribution in [3.63, 3.8) is 0 Å². The summed E-state index contributed by atoms with van der Waals surface area (Å²) in [4.78, 5) is 39.9. The number of ether oxygens (including phenoxy) is 3. The van der Waals surface area contributed by atoms with Crippen molar-refractivity contribution < 1.29 is 32.3 Å². The summed E-state index contributed by atoms with van der Waals surface area (Å²) in [6, 6.07) is 20.7. The number of nitrogens with zero attached hydrogens (tertiary/aromatic N) is 5. The number of hydrogen-bond donors (Lipinski definition) is 2. The van der Waals surface area contributed by atoms with Crippen LogP contribution in [0.25, 0.3) is 16.6 Å². The molecule has 2 aromatic heterocycles. The number of anilines is 2. The van der Waals surface area contributed by atoms with Crippen molar-refractivity contribution in [3.8, 4) is 11.5 Å². The lowest BCUT2D eigenvalue weighted by molar-refractivity contribution is -0.384. The Labute approximate surface area is 391 Å². The van der Waals surface area contributed by atoms with Gasteiger partial charge >= 0.3 is 0 Å². The van der Waals surface area contributed by atoms with Gasteiger partial charge in [-0.15, -0.1) is 0 Å². The van der Waals surface area contributed by atoms with E-state index in [9.17, 15) is 23.3 Å². The Hall–Kier alpha value is -5.36. The van der Waals surface area contributed by atoms with Gasteiger partial charge in [0, 0.05) is 99.9 Å². The molecule has 2 fully saturated rings. The molecule has 0 unspecified atom stereocenters. The highest BCUT2D eigenvalue weighted by Crippen LogP contribution is 2.43. The quantitative estimate of drug-likeness (QED) is 0.0350. The summed E-state index contributed by atoms with van der Waals surface area (Å²) in [5.41, 5.74) is 5.75. The molecule has 1 aliphatic carbocycles. The summed E-state index contributed by atoms with van der Waals surface area (Å²) >= 11 is 6.25. The van der Waals surface area contributed by atoms with Crippen LogP contribution in [0.4, 0.5) is 17.1 Å². The number of methoxy groups -OCH3 is 1. The maximum atomic E-state index is 14.1. The molecule has 350 valence electrons. The van der Waals surface area contributed by atoms with Crippen molar-refractivity contribution >= 4 is 60.9 Å². The van der Waals surface area contributed by atoms with Crippen molar-refractivity contribution in [2.75, 3.05) is 95.3 Å². The SMILES string of the molecule is COCCOCCN1CC[C@@H](Nc2ccc(S(=O)(=O)CC(=O)c3ccc(N4CCN(CC5=C(c6ccc(Cl)cc6)CC(C)(C)CC5)CC4)cc3Oc3cnc4[nH]ccc4c3)cc2[N+](=O)[O-])C1. The van der Waals surface area contributed by atoms with Gasteiger partial charge < -0.3 is 29.4 Å².